The number of benzene rings is 2. The van der Waals surface area contributed by atoms with Gasteiger partial charge in [0.2, 0.25) is 0 Å². The second kappa shape index (κ2) is 8.42. The van der Waals surface area contributed by atoms with Crippen LogP contribution in [0.2, 0.25) is 0 Å². The van der Waals surface area contributed by atoms with E-state index in [9.17, 15) is 9.59 Å². The lowest BCUT2D eigenvalue weighted by molar-refractivity contribution is -0.118. The average molecular weight is 330 g/mol. The van der Waals surface area contributed by atoms with Crippen molar-refractivity contribution in [1.82, 2.24) is 0 Å². The molecule has 0 aliphatic carbocycles. The van der Waals surface area contributed by atoms with E-state index < -0.39 is 6.09 Å². The first kappa shape index (κ1) is 17.1. The molecule has 2 aromatic rings. The van der Waals surface area contributed by atoms with Gasteiger partial charge in [-0.1, -0.05) is 12.1 Å². The molecule has 0 atom stereocenters. The van der Waals surface area contributed by atoms with Gasteiger partial charge in [0.25, 0.3) is 5.91 Å². The number of anilines is 2. The fraction of sp³-hybridized carbons (Fsp3) is 0.176. The average Bonchev–Trinajstić information content (AvgIpc) is 2.61. The van der Waals surface area contributed by atoms with E-state index in [1.165, 1.54) is 7.11 Å². The van der Waals surface area contributed by atoms with E-state index in [1.54, 1.807) is 55.6 Å². The van der Waals surface area contributed by atoms with Gasteiger partial charge in [-0.05, 0) is 36.4 Å². The summed E-state index contributed by atoms with van der Waals surface area (Å²) in [6.45, 7) is -0.202. The minimum Gasteiger partial charge on any atom is -0.497 e. The van der Waals surface area contributed by atoms with Crippen molar-refractivity contribution in [2.75, 3.05) is 31.5 Å². The summed E-state index contributed by atoms with van der Waals surface area (Å²) in [4.78, 5) is 23.2. The van der Waals surface area contributed by atoms with Gasteiger partial charge < -0.3 is 19.5 Å². The highest BCUT2D eigenvalue weighted by Crippen LogP contribution is 2.24. The van der Waals surface area contributed by atoms with Crippen LogP contribution in [0.4, 0.5) is 16.2 Å². The monoisotopic (exact) mass is 330 g/mol. The van der Waals surface area contributed by atoms with Gasteiger partial charge in [0, 0.05) is 5.69 Å². The van der Waals surface area contributed by atoms with Crippen LogP contribution in [0.3, 0.4) is 0 Å². The van der Waals surface area contributed by atoms with Crippen LogP contribution < -0.4 is 20.1 Å². The zero-order chi connectivity index (χ0) is 17.4. The quantitative estimate of drug-likeness (QED) is 0.850. The summed E-state index contributed by atoms with van der Waals surface area (Å²) in [5.41, 5.74) is 1.05. The second-order valence-corrected chi connectivity index (χ2v) is 4.68. The molecule has 0 spiro atoms. The third kappa shape index (κ3) is 4.91. The summed E-state index contributed by atoms with van der Waals surface area (Å²) < 4.78 is 15.0. The topological polar surface area (TPSA) is 85.9 Å². The van der Waals surface area contributed by atoms with Crippen LogP contribution in [-0.2, 0) is 9.53 Å². The Kier molecular flexibility index (Phi) is 6.01. The number of rotatable bonds is 6. The number of amides is 2. The van der Waals surface area contributed by atoms with E-state index in [0.717, 1.165) is 0 Å². The Morgan fingerprint density at radius 2 is 1.67 bits per heavy atom. The van der Waals surface area contributed by atoms with Crippen molar-refractivity contribution < 1.29 is 23.8 Å². The van der Waals surface area contributed by atoms with Gasteiger partial charge in [-0.15, -0.1) is 0 Å². The highest BCUT2D eigenvalue weighted by atomic mass is 16.5. The van der Waals surface area contributed by atoms with Gasteiger partial charge >= 0.3 is 6.09 Å². The molecule has 24 heavy (non-hydrogen) atoms. The van der Waals surface area contributed by atoms with Crippen molar-refractivity contribution >= 4 is 23.4 Å². The number of para-hydroxylation sites is 2. The van der Waals surface area contributed by atoms with Crippen LogP contribution in [-0.4, -0.2) is 32.8 Å². The van der Waals surface area contributed by atoms with Crippen LogP contribution >= 0.6 is 0 Å². The maximum Gasteiger partial charge on any atom is 0.411 e. The van der Waals surface area contributed by atoms with Gasteiger partial charge in [-0.3, -0.25) is 10.1 Å². The summed E-state index contributed by atoms with van der Waals surface area (Å²) in [5.74, 6) is 0.743. The fourth-order valence-corrected chi connectivity index (χ4v) is 1.87. The minimum atomic E-state index is -0.617. The molecule has 7 nitrogen and oxygen atoms in total. The molecule has 2 N–H and O–H groups in total. The van der Waals surface area contributed by atoms with Crippen molar-refractivity contribution in [3.63, 3.8) is 0 Å². The number of methoxy groups -OCH3 is 2. The molecular weight excluding hydrogens is 312 g/mol. The lowest BCUT2D eigenvalue weighted by Crippen LogP contribution is -2.21. The lowest BCUT2D eigenvalue weighted by atomic mass is 10.3. The van der Waals surface area contributed by atoms with Crippen LogP contribution in [0.5, 0.6) is 11.5 Å². The van der Waals surface area contributed by atoms with E-state index in [2.05, 4.69) is 15.4 Å². The standard InChI is InChI=1S/C17H18N2O5/c1-22-13-9-7-12(8-10-13)18-16(20)11-24-15-6-4-3-5-14(15)19-17(21)23-2/h3-10H,11H2,1-2H3,(H,18,20)(H,19,21). The highest BCUT2D eigenvalue weighted by Gasteiger charge is 2.09. The Bertz CT molecular complexity index is 700. The smallest absolute Gasteiger partial charge is 0.411 e. The number of hydrogen-bond donors (Lipinski definition) is 2. The maximum atomic E-state index is 12.0. The van der Waals surface area contributed by atoms with Crippen LogP contribution in [0.15, 0.2) is 48.5 Å². The van der Waals surface area contributed by atoms with Crippen molar-refractivity contribution in [2.24, 2.45) is 0 Å². The van der Waals surface area contributed by atoms with Gasteiger partial charge in [0.15, 0.2) is 6.61 Å². The molecule has 0 saturated heterocycles. The largest absolute Gasteiger partial charge is 0.497 e. The molecule has 0 aromatic heterocycles. The Morgan fingerprint density at radius 1 is 0.958 bits per heavy atom. The maximum absolute atomic E-state index is 12.0. The van der Waals surface area contributed by atoms with Crippen molar-refractivity contribution in [2.45, 2.75) is 0 Å². The van der Waals surface area contributed by atoms with Crippen LogP contribution in [0.25, 0.3) is 0 Å². The summed E-state index contributed by atoms with van der Waals surface area (Å²) in [5, 5.41) is 5.22. The Morgan fingerprint density at radius 3 is 2.33 bits per heavy atom. The van der Waals surface area contributed by atoms with E-state index >= 15 is 0 Å². The summed E-state index contributed by atoms with van der Waals surface area (Å²) in [6.07, 6.45) is -0.617. The zero-order valence-electron chi connectivity index (χ0n) is 13.4. The molecule has 0 saturated carbocycles. The lowest BCUT2D eigenvalue weighted by Gasteiger charge is -2.12. The first-order valence-corrected chi connectivity index (χ1v) is 7.13. The molecule has 0 bridgehead atoms. The second-order valence-electron chi connectivity index (χ2n) is 4.68. The molecule has 2 rings (SSSR count). The van der Waals surface area contributed by atoms with Crippen molar-refractivity contribution in [1.29, 1.82) is 0 Å². The number of nitrogens with one attached hydrogen (secondary N) is 2. The third-order valence-electron chi connectivity index (χ3n) is 3.04. The van der Waals surface area contributed by atoms with E-state index in [4.69, 9.17) is 9.47 Å². The summed E-state index contributed by atoms with van der Waals surface area (Å²) in [6, 6.07) is 13.7. The molecule has 2 aromatic carbocycles. The van der Waals surface area contributed by atoms with Crippen molar-refractivity contribution in [3.8, 4) is 11.5 Å². The summed E-state index contributed by atoms with van der Waals surface area (Å²) >= 11 is 0. The van der Waals surface area contributed by atoms with Gasteiger partial charge in [-0.25, -0.2) is 4.79 Å². The Labute approximate surface area is 139 Å². The Balaban J connectivity index is 1.92. The van der Waals surface area contributed by atoms with Gasteiger partial charge in [-0.2, -0.15) is 0 Å². The van der Waals surface area contributed by atoms with Gasteiger partial charge in [0.1, 0.15) is 11.5 Å². The first-order valence-electron chi connectivity index (χ1n) is 7.13. The Hall–Kier alpha value is -3.22. The van der Waals surface area contributed by atoms with E-state index in [1.807, 2.05) is 0 Å². The van der Waals surface area contributed by atoms with E-state index in [0.29, 0.717) is 22.9 Å². The van der Waals surface area contributed by atoms with Crippen LogP contribution in [0, 0.1) is 0 Å². The first-order chi connectivity index (χ1) is 11.6. The fourth-order valence-electron chi connectivity index (χ4n) is 1.87. The minimum absolute atomic E-state index is 0.202. The molecule has 0 heterocycles. The molecule has 126 valence electrons. The highest BCUT2D eigenvalue weighted by molar-refractivity contribution is 5.92. The molecule has 0 aliphatic rings. The molecule has 2 amide bonds. The molecule has 0 fully saturated rings. The number of ether oxygens (including phenoxy) is 3. The molecule has 7 heteroatoms. The van der Waals surface area contributed by atoms with E-state index in [-0.39, 0.29) is 12.5 Å². The molecule has 0 unspecified atom stereocenters. The number of carbonyl (C=O) groups is 2. The summed E-state index contributed by atoms with van der Waals surface area (Å²) in [7, 11) is 2.84. The predicted molar refractivity (Wildman–Crippen MR) is 89.6 cm³/mol. The number of hydrogen-bond acceptors (Lipinski definition) is 5. The molecular formula is C17H18N2O5. The SMILES string of the molecule is COC(=O)Nc1ccccc1OCC(=O)Nc1ccc(OC)cc1. The zero-order valence-corrected chi connectivity index (χ0v) is 13.4. The van der Waals surface area contributed by atoms with Gasteiger partial charge in [0.05, 0.1) is 19.9 Å². The molecule has 0 radical (unpaired) electrons. The molecule has 0 aliphatic heterocycles. The van der Waals surface area contributed by atoms with Crippen molar-refractivity contribution in [3.05, 3.63) is 48.5 Å². The normalized spacial score (nSPS) is 9.75. The number of carbonyl (C=O) groups excluding carboxylic acids is 2. The third-order valence-corrected chi connectivity index (χ3v) is 3.04. The van der Waals surface area contributed by atoms with Crippen LogP contribution in [0.1, 0.15) is 0 Å². The predicted octanol–water partition coefficient (Wildman–Crippen LogP) is 2.89.